The Kier molecular flexibility index (Phi) is 4.26. The Morgan fingerprint density at radius 1 is 1.00 bits per heavy atom. The van der Waals surface area contributed by atoms with Crippen LogP contribution in [0.4, 0.5) is 8.78 Å². The Hall–Kier alpha value is -1.25. The molecule has 0 atom stereocenters. The van der Waals surface area contributed by atoms with Crippen molar-refractivity contribution in [2.45, 2.75) is 46.5 Å². The van der Waals surface area contributed by atoms with Gasteiger partial charge in [0.2, 0.25) is 0 Å². The van der Waals surface area contributed by atoms with E-state index >= 15 is 0 Å². The fourth-order valence-electron chi connectivity index (χ4n) is 3.15. The largest absolute Gasteiger partial charge is 0.294 e. The molecule has 3 heteroatoms. The summed E-state index contributed by atoms with van der Waals surface area (Å²) in [5, 5.41) is 0. The molecule has 1 nitrogen and oxygen atoms in total. The molecule has 0 amide bonds. The van der Waals surface area contributed by atoms with E-state index in [0.717, 1.165) is 43.9 Å². The maximum Gasteiger partial charge on any atom is 0.166 e. The molecule has 1 fully saturated rings. The molecule has 1 aliphatic carbocycles. The van der Waals surface area contributed by atoms with Crippen LogP contribution in [0.5, 0.6) is 0 Å². The zero-order valence-corrected chi connectivity index (χ0v) is 12.4. The highest BCUT2D eigenvalue weighted by atomic mass is 19.1. The Morgan fingerprint density at radius 3 is 1.95 bits per heavy atom. The number of halogens is 2. The van der Waals surface area contributed by atoms with Crippen LogP contribution in [0.15, 0.2) is 18.2 Å². The molecule has 1 aromatic rings. The zero-order valence-electron chi connectivity index (χ0n) is 12.4. The number of carbonyl (C=O) groups excluding carboxylic acids is 1. The van der Waals surface area contributed by atoms with Gasteiger partial charge < -0.3 is 0 Å². The number of Topliss-reactive ketones (excluding diaryl/α,β-unsaturated/α-hetero) is 1. The molecule has 0 spiro atoms. The molecule has 0 aliphatic heterocycles. The van der Waals surface area contributed by atoms with Crippen molar-refractivity contribution in [3.8, 4) is 0 Å². The van der Waals surface area contributed by atoms with Gasteiger partial charge in [-0.15, -0.1) is 0 Å². The van der Waals surface area contributed by atoms with Gasteiger partial charge in [-0.1, -0.05) is 20.8 Å². The van der Waals surface area contributed by atoms with E-state index in [1.54, 1.807) is 0 Å². The minimum absolute atomic E-state index is 0.0881. The Labute approximate surface area is 119 Å². The molecule has 110 valence electrons. The van der Waals surface area contributed by atoms with Crippen molar-refractivity contribution >= 4 is 5.78 Å². The standard InChI is InChI=1S/C17H22F2O/c1-17(2,3)13-6-4-11(5-7-13)16(20)12-8-14(18)10-15(19)9-12/h8-11,13H,4-7H2,1-3H3. The summed E-state index contributed by atoms with van der Waals surface area (Å²) >= 11 is 0. The van der Waals surface area contributed by atoms with Crippen molar-refractivity contribution < 1.29 is 13.6 Å². The predicted molar refractivity (Wildman–Crippen MR) is 75.6 cm³/mol. The predicted octanol–water partition coefficient (Wildman–Crippen LogP) is 5.00. The molecular formula is C17H22F2O. The van der Waals surface area contributed by atoms with E-state index in [1.165, 1.54) is 0 Å². The second-order valence-corrected chi connectivity index (χ2v) is 6.94. The second-order valence-electron chi connectivity index (χ2n) is 6.94. The van der Waals surface area contributed by atoms with Gasteiger partial charge in [-0.05, 0) is 49.1 Å². The van der Waals surface area contributed by atoms with Crippen molar-refractivity contribution in [3.05, 3.63) is 35.4 Å². The molecular weight excluding hydrogens is 258 g/mol. The highest BCUT2D eigenvalue weighted by molar-refractivity contribution is 5.97. The van der Waals surface area contributed by atoms with Crippen LogP contribution in [0, 0.1) is 28.9 Å². The summed E-state index contributed by atoms with van der Waals surface area (Å²) in [6, 6.07) is 3.08. The number of rotatable bonds is 2. The molecule has 1 saturated carbocycles. The lowest BCUT2D eigenvalue weighted by atomic mass is 9.69. The average molecular weight is 280 g/mol. The quantitative estimate of drug-likeness (QED) is 0.697. The summed E-state index contributed by atoms with van der Waals surface area (Å²) in [5.41, 5.74) is 0.431. The highest BCUT2D eigenvalue weighted by Gasteiger charge is 2.32. The lowest BCUT2D eigenvalue weighted by Gasteiger charge is -2.36. The molecule has 0 aromatic heterocycles. The van der Waals surface area contributed by atoms with Crippen molar-refractivity contribution in [2.75, 3.05) is 0 Å². The van der Waals surface area contributed by atoms with E-state index in [-0.39, 0.29) is 22.7 Å². The maximum atomic E-state index is 13.2. The average Bonchev–Trinajstić information content (AvgIpc) is 2.36. The molecule has 20 heavy (non-hydrogen) atoms. The summed E-state index contributed by atoms with van der Waals surface area (Å²) in [6.45, 7) is 6.67. The van der Waals surface area contributed by atoms with Gasteiger partial charge in [0, 0.05) is 17.5 Å². The van der Waals surface area contributed by atoms with E-state index in [1.807, 2.05) is 0 Å². The van der Waals surface area contributed by atoms with Crippen molar-refractivity contribution in [3.63, 3.8) is 0 Å². The molecule has 0 unspecified atom stereocenters. The van der Waals surface area contributed by atoms with Crippen molar-refractivity contribution in [2.24, 2.45) is 17.3 Å². The van der Waals surface area contributed by atoms with Crippen molar-refractivity contribution in [1.82, 2.24) is 0 Å². The van der Waals surface area contributed by atoms with Crippen molar-refractivity contribution in [1.29, 1.82) is 0 Å². The van der Waals surface area contributed by atoms with Crippen LogP contribution in [0.1, 0.15) is 56.8 Å². The van der Waals surface area contributed by atoms with E-state index < -0.39 is 11.6 Å². The fourth-order valence-corrected chi connectivity index (χ4v) is 3.15. The summed E-state index contributed by atoms with van der Waals surface area (Å²) in [4.78, 5) is 12.3. The van der Waals surface area contributed by atoms with Gasteiger partial charge in [0.15, 0.2) is 5.78 Å². The van der Waals surface area contributed by atoms with Crippen LogP contribution in [0.3, 0.4) is 0 Å². The molecule has 0 bridgehead atoms. The Balaban J connectivity index is 2.05. The van der Waals surface area contributed by atoms with Crippen LogP contribution in [-0.2, 0) is 0 Å². The molecule has 1 aromatic carbocycles. The molecule has 0 saturated heterocycles. The fraction of sp³-hybridized carbons (Fsp3) is 0.588. The summed E-state index contributed by atoms with van der Waals surface area (Å²) in [7, 11) is 0. The van der Waals surface area contributed by atoms with Gasteiger partial charge in [0.05, 0.1) is 0 Å². The minimum Gasteiger partial charge on any atom is -0.294 e. The third-order valence-electron chi connectivity index (χ3n) is 4.47. The maximum absolute atomic E-state index is 13.2. The van der Waals surface area contributed by atoms with Crippen LogP contribution < -0.4 is 0 Å². The van der Waals surface area contributed by atoms with Crippen LogP contribution in [-0.4, -0.2) is 5.78 Å². The topological polar surface area (TPSA) is 17.1 Å². The first kappa shape index (κ1) is 15.1. The smallest absolute Gasteiger partial charge is 0.166 e. The first-order chi connectivity index (χ1) is 9.27. The van der Waals surface area contributed by atoms with Gasteiger partial charge in [0.25, 0.3) is 0 Å². The van der Waals surface area contributed by atoms with Gasteiger partial charge in [-0.25, -0.2) is 8.78 Å². The molecule has 1 aliphatic rings. The van der Waals surface area contributed by atoms with Crippen LogP contribution in [0.2, 0.25) is 0 Å². The van der Waals surface area contributed by atoms with E-state index in [9.17, 15) is 13.6 Å². The number of ketones is 1. The third kappa shape index (κ3) is 3.44. The number of carbonyl (C=O) groups is 1. The number of hydrogen-bond donors (Lipinski definition) is 0. The van der Waals surface area contributed by atoms with Gasteiger partial charge >= 0.3 is 0 Å². The second kappa shape index (κ2) is 5.63. The van der Waals surface area contributed by atoms with Gasteiger partial charge in [-0.3, -0.25) is 4.79 Å². The van der Waals surface area contributed by atoms with E-state index in [2.05, 4.69) is 20.8 Å². The number of benzene rings is 1. The Morgan fingerprint density at radius 2 is 1.50 bits per heavy atom. The summed E-state index contributed by atoms with van der Waals surface area (Å²) in [5.74, 6) is -0.949. The highest BCUT2D eigenvalue weighted by Crippen LogP contribution is 2.40. The summed E-state index contributed by atoms with van der Waals surface area (Å²) < 4.78 is 26.4. The van der Waals surface area contributed by atoms with E-state index in [4.69, 9.17) is 0 Å². The monoisotopic (exact) mass is 280 g/mol. The third-order valence-corrected chi connectivity index (χ3v) is 4.47. The normalized spacial score (nSPS) is 23.6. The molecule has 0 heterocycles. The first-order valence-electron chi connectivity index (χ1n) is 7.27. The SMILES string of the molecule is CC(C)(C)C1CCC(C(=O)c2cc(F)cc(F)c2)CC1. The lowest BCUT2D eigenvalue weighted by molar-refractivity contribution is 0.0818. The molecule has 0 N–H and O–H groups in total. The zero-order chi connectivity index (χ0) is 14.9. The van der Waals surface area contributed by atoms with E-state index in [0.29, 0.717) is 5.92 Å². The summed E-state index contributed by atoms with van der Waals surface area (Å²) in [6.07, 6.45) is 3.66. The van der Waals surface area contributed by atoms with Gasteiger partial charge in [0.1, 0.15) is 11.6 Å². The van der Waals surface area contributed by atoms with Crippen LogP contribution in [0.25, 0.3) is 0 Å². The lowest BCUT2D eigenvalue weighted by Crippen LogP contribution is -2.29. The molecule has 2 rings (SSSR count). The first-order valence-corrected chi connectivity index (χ1v) is 7.27. The minimum atomic E-state index is -0.684. The Bertz CT molecular complexity index is 474. The van der Waals surface area contributed by atoms with Crippen LogP contribution >= 0.6 is 0 Å². The molecule has 0 radical (unpaired) electrons. The number of hydrogen-bond acceptors (Lipinski definition) is 1. The van der Waals surface area contributed by atoms with Gasteiger partial charge in [-0.2, -0.15) is 0 Å².